The van der Waals surface area contributed by atoms with Crippen molar-refractivity contribution in [3.8, 4) is 0 Å². The van der Waals surface area contributed by atoms with E-state index in [-0.39, 0.29) is 0 Å². The van der Waals surface area contributed by atoms with Gasteiger partial charge in [0.05, 0.1) is 0 Å². The maximum Gasteiger partial charge on any atom is 0.0320 e. The lowest BCUT2D eigenvalue weighted by Crippen LogP contribution is -2.21. The zero-order valence-electron chi connectivity index (χ0n) is 14.7. The molecule has 0 saturated heterocycles. The summed E-state index contributed by atoms with van der Waals surface area (Å²) < 4.78 is 0. The Morgan fingerprint density at radius 1 is 0.760 bits per heavy atom. The molecule has 3 rings (SSSR count). The minimum atomic E-state index is 0.380. The topological polar surface area (TPSA) is 12.0 Å². The molecule has 1 N–H and O–H groups in total. The fraction of sp³-hybridized carbons (Fsp3) is 0.167. The fourth-order valence-electron chi connectivity index (χ4n) is 3.12. The van der Waals surface area contributed by atoms with Gasteiger partial charge in [0.25, 0.3) is 0 Å². The van der Waals surface area contributed by atoms with Crippen molar-refractivity contribution in [2.75, 3.05) is 6.54 Å². The van der Waals surface area contributed by atoms with E-state index < -0.39 is 0 Å². The van der Waals surface area contributed by atoms with Gasteiger partial charge in [-0.3, -0.25) is 0 Å². The predicted octanol–water partition coefficient (Wildman–Crippen LogP) is 5.86. The summed E-state index contributed by atoms with van der Waals surface area (Å²) >= 11 is 0. The van der Waals surface area contributed by atoms with Gasteiger partial charge in [-0.15, -0.1) is 0 Å². The van der Waals surface area contributed by atoms with Gasteiger partial charge in [-0.05, 0) is 28.7 Å². The summed E-state index contributed by atoms with van der Waals surface area (Å²) in [6.45, 7) is 3.07. The van der Waals surface area contributed by atoms with Gasteiger partial charge in [-0.25, -0.2) is 0 Å². The van der Waals surface area contributed by atoms with Gasteiger partial charge >= 0.3 is 0 Å². The zero-order chi connectivity index (χ0) is 17.3. The van der Waals surface area contributed by atoms with Crippen LogP contribution in [0.25, 0.3) is 5.57 Å². The van der Waals surface area contributed by atoms with Crippen molar-refractivity contribution in [2.24, 2.45) is 0 Å². The molecule has 126 valence electrons. The highest BCUT2D eigenvalue weighted by Crippen LogP contribution is 2.23. The van der Waals surface area contributed by atoms with Gasteiger partial charge in [-0.1, -0.05) is 104 Å². The second-order valence-electron chi connectivity index (χ2n) is 6.13. The van der Waals surface area contributed by atoms with Crippen LogP contribution in [0.5, 0.6) is 0 Å². The maximum atomic E-state index is 3.68. The lowest BCUT2D eigenvalue weighted by molar-refractivity contribution is 0.551. The highest BCUT2D eigenvalue weighted by molar-refractivity contribution is 5.79. The second-order valence-corrected chi connectivity index (χ2v) is 6.13. The Morgan fingerprint density at radius 2 is 1.24 bits per heavy atom. The molecular weight excluding hydrogens is 302 g/mol. The van der Waals surface area contributed by atoms with Gasteiger partial charge in [0.1, 0.15) is 0 Å². The third kappa shape index (κ3) is 4.68. The first kappa shape index (κ1) is 17.2. The van der Waals surface area contributed by atoms with Crippen LogP contribution < -0.4 is 5.32 Å². The van der Waals surface area contributed by atoms with Gasteiger partial charge in [0, 0.05) is 12.6 Å². The quantitative estimate of drug-likeness (QED) is 0.573. The number of hydrogen-bond acceptors (Lipinski definition) is 1. The molecule has 3 aromatic rings. The van der Waals surface area contributed by atoms with E-state index in [9.17, 15) is 0 Å². The SMILES string of the molecule is CCC(NCC=C(c1ccccc1)c1ccccc1)c1ccccc1. The third-order valence-corrected chi connectivity index (χ3v) is 4.45. The van der Waals surface area contributed by atoms with Crippen LogP contribution in [0, 0.1) is 0 Å². The zero-order valence-corrected chi connectivity index (χ0v) is 14.7. The van der Waals surface area contributed by atoms with Gasteiger partial charge < -0.3 is 5.32 Å². The summed E-state index contributed by atoms with van der Waals surface area (Å²) in [7, 11) is 0. The first-order valence-electron chi connectivity index (χ1n) is 8.98. The van der Waals surface area contributed by atoms with Gasteiger partial charge in [-0.2, -0.15) is 0 Å². The summed E-state index contributed by atoms with van der Waals surface area (Å²) in [5.74, 6) is 0. The van der Waals surface area contributed by atoms with Crippen LogP contribution in [0.15, 0.2) is 97.1 Å². The molecule has 25 heavy (non-hydrogen) atoms. The smallest absolute Gasteiger partial charge is 0.0320 e. The van der Waals surface area contributed by atoms with Gasteiger partial charge in [0.2, 0.25) is 0 Å². The molecule has 3 aromatic carbocycles. The highest BCUT2D eigenvalue weighted by atomic mass is 14.9. The molecule has 0 aliphatic rings. The van der Waals surface area contributed by atoms with Crippen molar-refractivity contribution < 1.29 is 0 Å². The summed E-state index contributed by atoms with van der Waals surface area (Å²) in [4.78, 5) is 0. The summed E-state index contributed by atoms with van der Waals surface area (Å²) in [5, 5.41) is 3.68. The molecule has 0 aliphatic heterocycles. The first-order valence-corrected chi connectivity index (χ1v) is 8.98. The number of hydrogen-bond donors (Lipinski definition) is 1. The molecule has 1 nitrogen and oxygen atoms in total. The summed E-state index contributed by atoms with van der Waals surface area (Å²) in [6.07, 6.45) is 3.38. The van der Waals surface area contributed by atoms with E-state index in [0.717, 1.165) is 13.0 Å². The van der Waals surface area contributed by atoms with E-state index in [1.54, 1.807) is 0 Å². The van der Waals surface area contributed by atoms with E-state index in [4.69, 9.17) is 0 Å². The molecule has 0 aliphatic carbocycles. The summed E-state index contributed by atoms with van der Waals surface area (Å²) in [6, 6.07) is 32.3. The summed E-state index contributed by atoms with van der Waals surface area (Å²) in [5.41, 5.74) is 5.13. The van der Waals surface area contributed by atoms with Crippen molar-refractivity contribution >= 4 is 5.57 Å². The van der Waals surface area contributed by atoms with Crippen LogP contribution in [0.4, 0.5) is 0 Å². The average molecular weight is 327 g/mol. The van der Waals surface area contributed by atoms with Crippen molar-refractivity contribution in [3.05, 3.63) is 114 Å². The Balaban J connectivity index is 1.80. The minimum absolute atomic E-state index is 0.380. The lowest BCUT2D eigenvalue weighted by atomic mass is 9.97. The van der Waals surface area contributed by atoms with Crippen LogP contribution in [-0.2, 0) is 0 Å². The third-order valence-electron chi connectivity index (χ3n) is 4.45. The van der Waals surface area contributed by atoms with E-state index in [1.165, 1.54) is 22.3 Å². The molecule has 1 unspecified atom stereocenters. The van der Waals surface area contributed by atoms with Crippen LogP contribution in [0.3, 0.4) is 0 Å². The van der Waals surface area contributed by atoms with E-state index in [1.807, 2.05) is 0 Å². The predicted molar refractivity (Wildman–Crippen MR) is 107 cm³/mol. The Morgan fingerprint density at radius 3 is 1.72 bits per heavy atom. The Hall–Kier alpha value is -2.64. The Bertz CT molecular complexity index is 735. The van der Waals surface area contributed by atoms with Crippen molar-refractivity contribution in [1.29, 1.82) is 0 Å². The van der Waals surface area contributed by atoms with Crippen molar-refractivity contribution in [1.82, 2.24) is 5.32 Å². The maximum absolute atomic E-state index is 3.68. The monoisotopic (exact) mass is 327 g/mol. The number of rotatable bonds is 7. The highest BCUT2D eigenvalue weighted by Gasteiger charge is 2.08. The van der Waals surface area contributed by atoms with Crippen molar-refractivity contribution in [3.63, 3.8) is 0 Å². The molecule has 0 spiro atoms. The van der Waals surface area contributed by atoms with Crippen LogP contribution in [0.2, 0.25) is 0 Å². The first-order chi connectivity index (χ1) is 12.4. The molecule has 0 fully saturated rings. The molecule has 0 radical (unpaired) electrons. The number of nitrogens with one attached hydrogen (secondary N) is 1. The van der Waals surface area contributed by atoms with Crippen LogP contribution in [-0.4, -0.2) is 6.54 Å². The van der Waals surface area contributed by atoms with E-state index >= 15 is 0 Å². The standard InChI is InChI=1S/C24H25N/c1-2-24(22-16-10-5-11-17-22)25-19-18-23(20-12-6-3-7-13-20)21-14-8-4-9-15-21/h3-18,24-25H,2,19H2,1H3. The molecule has 1 atom stereocenters. The van der Waals surface area contributed by atoms with E-state index in [2.05, 4.69) is 109 Å². The van der Waals surface area contributed by atoms with Crippen molar-refractivity contribution in [2.45, 2.75) is 19.4 Å². The lowest BCUT2D eigenvalue weighted by Gasteiger charge is -2.17. The molecule has 0 aromatic heterocycles. The average Bonchev–Trinajstić information content (AvgIpc) is 2.70. The molecular formula is C24H25N. The number of benzene rings is 3. The largest absolute Gasteiger partial charge is 0.306 e. The molecule has 1 heteroatoms. The Labute approximate surface area is 151 Å². The normalized spacial score (nSPS) is 11.7. The second kappa shape index (κ2) is 9.00. The van der Waals surface area contributed by atoms with Gasteiger partial charge in [0.15, 0.2) is 0 Å². The molecule has 0 heterocycles. The van der Waals surface area contributed by atoms with Crippen LogP contribution in [0.1, 0.15) is 36.1 Å². The molecule has 0 amide bonds. The van der Waals surface area contributed by atoms with Crippen LogP contribution >= 0.6 is 0 Å². The van der Waals surface area contributed by atoms with E-state index in [0.29, 0.717) is 6.04 Å². The molecule has 0 bridgehead atoms. The minimum Gasteiger partial charge on any atom is -0.306 e. The molecule has 0 saturated carbocycles. The fourth-order valence-corrected chi connectivity index (χ4v) is 3.12. The Kier molecular flexibility index (Phi) is 6.19.